The zero-order valence-electron chi connectivity index (χ0n) is 9.99. The highest BCUT2D eigenvalue weighted by atomic mass is 16.7. The van der Waals surface area contributed by atoms with E-state index in [4.69, 9.17) is 18.9 Å². The lowest BCUT2D eigenvalue weighted by Gasteiger charge is -2.33. The van der Waals surface area contributed by atoms with E-state index in [0.29, 0.717) is 5.75 Å². The van der Waals surface area contributed by atoms with Gasteiger partial charge in [-0.25, -0.2) is 0 Å². The highest BCUT2D eigenvalue weighted by Crippen LogP contribution is 2.44. The van der Waals surface area contributed by atoms with Crippen LogP contribution in [0.4, 0.5) is 0 Å². The van der Waals surface area contributed by atoms with Crippen molar-refractivity contribution in [2.45, 2.75) is 19.4 Å². The molecule has 0 saturated heterocycles. The second kappa shape index (κ2) is 3.87. The van der Waals surface area contributed by atoms with E-state index < -0.39 is 5.60 Å². The van der Waals surface area contributed by atoms with Crippen molar-refractivity contribution in [2.24, 2.45) is 0 Å². The molecule has 0 amide bonds. The summed E-state index contributed by atoms with van der Waals surface area (Å²) in [7, 11) is 3.24. The Morgan fingerprint density at radius 2 is 1.94 bits per heavy atom. The maximum Gasteiger partial charge on any atom is 0.190 e. The highest BCUT2D eigenvalue weighted by molar-refractivity contribution is 5.54. The van der Waals surface area contributed by atoms with E-state index in [1.807, 2.05) is 19.9 Å². The van der Waals surface area contributed by atoms with Crippen LogP contribution in [-0.4, -0.2) is 21.0 Å². The molecule has 1 aromatic rings. The third-order valence-corrected chi connectivity index (χ3v) is 2.76. The molecule has 0 aromatic heterocycles. The normalized spacial score (nSPS) is 17.2. The highest BCUT2D eigenvalue weighted by Gasteiger charge is 2.32. The van der Waals surface area contributed by atoms with Crippen LogP contribution in [0.5, 0.6) is 17.2 Å². The molecule has 0 saturated carbocycles. The Bertz CT molecular complexity index is 398. The van der Waals surface area contributed by atoms with Crippen LogP contribution in [0.1, 0.15) is 19.4 Å². The summed E-state index contributed by atoms with van der Waals surface area (Å²) in [6, 6.07) is 3.72. The van der Waals surface area contributed by atoms with E-state index in [9.17, 15) is 0 Å². The Morgan fingerprint density at radius 3 is 2.56 bits per heavy atom. The van der Waals surface area contributed by atoms with Crippen molar-refractivity contribution in [3.8, 4) is 17.2 Å². The van der Waals surface area contributed by atoms with Gasteiger partial charge in [-0.3, -0.25) is 0 Å². The lowest BCUT2D eigenvalue weighted by atomic mass is 9.95. The van der Waals surface area contributed by atoms with E-state index in [2.05, 4.69) is 0 Å². The smallest absolute Gasteiger partial charge is 0.190 e. The molecule has 16 heavy (non-hydrogen) atoms. The molecular weight excluding hydrogens is 208 g/mol. The number of ether oxygens (including phenoxy) is 4. The molecule has 1 aliphatic rings. The average Bonchev–Trinajstić information content (AvgIpc) is 2.27. The summed E-state index contributed by atoms with van der Waals surface area (Å²) in [6.45, 7) is 4.23. The van der Waals surface area contributed by atoms with Gasteiger partial charge in [-0.2, -0.15) is 0 Å². The first-order chi connectivity index (χ1) is 7.58. The summed E-state index contributed by atoms with van der Waals surface area (Å²) < 4.78 is 21.5. The van der Waals surface area contributed by atoms with Crippen molar-refractivity contribution in [2.75, 3.05) is 21.0 Å². The van der Waals surface area contributed by atoms with E-state index in [-0.39, 0.29) is 6.79 Å². The summed E-state index contributed by atoms with van der Waals surface area (Å²) in [6.07, 6.45) is 0. The molecule has 0 unspecified atom stereocenters. The van der Waals surface area contributed by atoms with Crippen molar-refractivity contribution in [1.82, 2.24) is 0 Å². The number of fused-ring (bicyclic) bond motifs is 1. The standard InChI is InChI=1S/C12H16O4/c1-12(2)9-5-8(13-3)6-10(14-4)11(9)15-7-16-12/h5-6H,7H2,1-4H3. The summed E-state index contributed by atoms with van der Waals surface area (Å²) in [5, 5.41) is 0. The quantitative estimate of drug-likeness (QED) is 0.772. The molecule has 1 aromatic carbocycles. The molecule has 88 valence electrons. The Morgan fingerprint density at radius 1 is 1.19 bits per heavy atom. The van der Waals surface area contributed by atoms with Gasteiger partial charge in [0.05, 0.1) is 19.8 Å². The molecule has 1 heterocycles. The molecule has 0 bridgehead atoms. The van der Waals surface area contributed by atoms with Crippen LogP contribution in [0, 0.1) is 0 Å². The van der Waals surface area contributed by atoms with Gasteiger partial charge in [0, 0.05) is 11.6 Å². The largest absolute Gasteiger partial charge is 0.497 e. The van der Waals surface area contributed by atoms with Gasteiger partial charge in [0.1, 0.15) is 5.75 Å². The second-order valence-electron chi connectivity index (χ2n) is 4.12. The zero-order chi connectivity index (χ0) is 11.8. The van der Waals surface area contributed by atoms with Gasteiger partial charge in [0.25, 0.3) is 0 Å². The minimum absolute atomic E-state index is 0.239. The molecule has 2 rings (SSSR count). The fourth-order valence-electron chi connectivity index (χ4n) is 1.76. The molecular formula is C12H16O4. The molecule has 0 N–H and O–H groups in total. The number of rotatable bonds is 2. The van der Waals surface area contributed by atoms with Crippen LogP contribution in [0.3, 0.4) is 0 Å². The molecule has 0 radical (unpaired) electrons. The topological polar surface area (TPSA) is 36.9 Å². The van der Waals surface area contributed by atoms with Crippen molar-refractivity contribution >= 4 is 0 Å². The fourth-order valence-corrected chi connectivity index (χ4v) is 1.76. The van der Waals surface area contributed by atoms with Crippen molar-refractivity contribution in [3.05, 3.63) is 17.7 Å². The number of hydrogen-bond acceptors (Lipinski definition) is 4. The summed E-state index contributed by atoms with van der Waals surface area (Å²) in [4.78, 5) is 0. The van der Waals surface area contributed by atoms with Crippen LogP contribution in [0.2, 0.25) is 0 Å². The van der Waals surface area contributed by atoms with Crippen LogP contribution < -0.4 is 14.2 Å². The first kappa shape index (κ1) is 11.1. The van der Waals surface area contributed by atoms with Gasteiger partial charge in [-0.05, 0) is 19.9 Å². The monoisotopic (exact) mass is 224 g/mol. The summed E-state index contributed by atoms with van der Waals surface area (Å²) in [5.74, 6) is 2.14. The third-order valence-electron chi connectivity index (χ3n) is 2.76. The Kier molecular flexibility index (Phi) is 2.68. The second-order valence-corrected chi connectivity index (χ2v) is 4.12. The lowest BCUT2D eigenvalue weighted by molar-refractivity contribution is -0.113. The Labute approximate surface area is 95.1 Å². The van der Waals surface area contributed by atoms with Crippen LogP contribution in [-0.2, 0) is 10.3 Å². The van der Waals surface area contributed by atoms with Gasteiger partial charge in [0.2, 0.25) is 0 Å². The van der Waals surface area contributed by atoms with Crippen molar-refractivity contribution in [1.29, 1.82) is 0 Å². The van der Waals surface area contributed by atoms with Crippen molar-refractivity contribution in [3.63, 3.8) is 0 Å². The van der Waals surface area contributed by atoms with Gasteiger partial charge in [-0.1, -0.05) is 0 Å². The van der Waals surface area contributed by atoms with Gasteiger partial charge >= 0.3 is 0 Å². The van der Waals surface area contributed by atoms with Crippen LogP contribution >= 0.6 is 0 Å². The molecule has 0 spiro atoms. The minimum Gasteiger partial charge on any atom is -0.497 e. The first-order valence-corrected chi connectivity index (χ1v) is 5.12. The van der Waals surface area contributed by atoms with Crippen LogP contribution in [0.25, 0.3) is 0 Å². The SMILES string of the molecule is COc1cc(OC)c2c(c1)C(C)(C)OCO2. The van der Waals surface area contributed by atoms with E-state index in [1.54, 1.807) is 20.3 Å². The van der Waals surface area contributed by atoms with E-state index in [1.165, 1.54) is 0 Å². The van der Waals surface area contributed by atoms with Crippen molar-refractivity contribution < 1.29 is 18.9 Å². The molecule has 0 atom stereocenters. The van der Waals surface area contributed by atoms with Gasteiger partial charge in [-0.15, -0.1) is 0 Å². The molecule has 1 aliphatic heterocycles. The third kappa shape index (κ3) is 1.69. The number of benzene rings is 1. The summed E-state index contributed by atoms with van der Waals surface area (Å²) in [5.41, 5.74) is 0.546. The first-order valence-electron chi connectivity index (χ1n) is 5.12. The number of methoxy groups -OCH3 is 2. The molecule has 4 nitrogen and oxygen atoms in total. The van der Waals surface area contributed by atoms with E-state index in [0.717, 1.165) is 17.1 Å². The molecule has 0 fully saturated rings. The van der Waals surface area contributed by atoms with Gasteiger partial charge < -0.3 is 18.9 Å². The van der Waals surface area contributed by atoms with Gasteiger partial charge in [0.15, 0.2) is 18.3 Å². The maximum absolute atomic E-state index is 5.56. The number of hydrogen-bond donors (Lipinski definition) is 0. The Balaban J connectivity index is 2.60. The van der Waals surface area contributed by atoms with Crippen LogP contribution in [0.15, 0.2) is 12.1 Å². The fraction of sp³-hybridized carbons (Fsp3) is 0.500. The molecule has 4 heteroatoms. The van der Waals surface area contributed by atoms with E-state index >= 15 is 0 Å². The lowest BCUT2D eigenvalue weighted by Crippen LogP contribution is -2.29. The average molecular weight is 224 g/mol. The predicted molar refractivity (Wildman–Crippen MR) is 59.2 cm³/mol. The molecule has 0 aliphatic carbocycles. The predicted octanol–water partition coefficient (Wildman–Crippen LogP) is 2.31. The summed E-state index contributed by atoms with van der Waals surface area (Å²) >= 11 is 0. The minimum atomic E-state index is -0.393. The zero-order valence-corrected chi connectivity index (χ0v) is 9.99. The Hall–Kier alpha value is -1.42. The maximum atomic E-state index is 5.56.